The fraction of sp³-hybridized carbons (Fsp3) is 0.647. The van der Waals surface area contributed by atoms with Crippen molar-refractivity contribution >= 4 is 10.0 Å². The van der Waals surface area contributed by atoms with E-state index in [-0.39, 0.29) is 0 Å². The van der Waals surface area contributed by atoms with E-state index in [1.165, 1.54) is 0 Å². The minimum atomic E-state index is -3.47. The maximum absolute atomic E-state index is 12.9. The molecule has 0 saturated carbocycles. The zero-order valence-electron chi connectivity index (χ0n) is 15.1. The van der Waals surface area contributed by atoms with Gasteiger partial charge in [-0.15, -0.1) is 0 Å². The molecule has 1 aliphatic heterocycles. The molecule has 0 aromatic heterocycles. The van der Waals surface area contributed by atoms with Gasteiger partial charge >= 0.3 is 0 Å². The van der Waals surface area contributed by atoms with E-state index in [4.69, 9.17) is 0 Å². The summed E-state index contributed by atoms with van der Waals surface area (Å²) >= 11 is 0. The first-order chi connectivity index (χ1) is 12.1. The van der Waals surface area contributed by atoms with Gasteiger partial charge in [-0.25, -0.2) is 8.42 Å². The van der Waals surface area contributed by atoms with Crippen molar-refractivity contribution in [3.8, 4) is 0 Å². The highest BCUT2D eigenvalue weighted by molar-refractivity contribution is 7.89. The quantitative estimate of drug-likeness (QED) is 0.555. The van der Waals surface area contributed by atoms with Gasteiger partial charge in [0.25, 0.3) is 0 Å². The zero-order chi connectivity index (χ0) is 18.0. The lowest BCUT2D eigenvalue weighted by atomic mass is 10.2. The second-order valence-electron chi connectivity index (χ2n) is 6.22. The standard InChI is InChI=1S/C17H31N5O2S/c1-16-2-4-17(5-3-16)25(23,24)22-14-12-20-10-8-18-6-7-19-9-11-21-13-15-22/h2-5,18-21H,6-15H2,1H3. The predicted molar refractivity (Wildman–Crippen MR) is 101 cm³/mol. The van der Waals surface area contributed by atoms with Crippen LogP contribution in [0.5, 0.6) is 0 Å². The number of benzene rings is 1. The maximum atomic E-state index is 12.9. The van der Waals surface area contributed by atoms with Crippen LogP contribution in [0, 0.1) is 6.92 Å². The van der Waals surface area contributed by atoms with Crippen molar-refractivity contribution < 1.29 is 8.42 Å². The summed E-state index contributed by atoms with van der Waals surface area (Å²) in [6.45, 7) is 9.48. The number of aryl methyl sites for hydroxylation is 1. The molecule has 0 aliphatic carbocycles. The van der Waals surface area contributed by atoms with Crippen LogP contribution >= 0.6 is 0 Å². The second-order valence-corrected chi connectivity index (χ2v) is 8.16. The number of hydrogen-bond acceptors (Lipinski definition) is 6. The molecule has 8 heteroatoms. The van der Waals surface area contributed by atoms with Crippen LogP contribution in [0.3, 0.4) is 0 Å². The summed E-state index contributed by atoms with van der Waals surface area (Å²) in [5.74, 6) is 0. The van der Waals surface area contributed by atoms with E-state index in [1.54, 1.807) is 16.4 Å². The smallest absolute Gasteiger partial charge is 0.243 e. The third kappa shape index (κ3) is 7.01. The van der Waals surface area contributed by atoms with Crippen LogP contribution < -0.4 is 21.3 Å². The Bertz CT molecular complexity index is 576. The largest absolute Gasteiger partial charge is 0.314 e. The van der Waals surface area contributed by atoms with Crippen molar-refractivity contribution in [2.45, 2.75) is 11.8 Å². The first kappa shape index (κ1) is 20.3. The van der Waals surface area contributed by atoms with Crippen LogP contribution in [0.15, 0.2) is 29.2 Å². The lowest BCUT2D eigenvalue weighted by molar-refractivity contribution is 0.399. The van der Waals surface area contributed by atoms with Crippen molar-refractivity contribution in [2.75, 3.05) is 65.4 Å². The summed E-state index contributed by atoms with van der Waals surface area (Å²) in [6, 6.07) is 7.06. The van der Waals surface area contributed by atoms with Crippen molar-refractivity contribution in [3.05, 3.63) is 29.8 Å². The Kier molecular flexibility index (Phi) is 8.80. The van der Waals surface area contributed by atoms with Crippen LogP contribution in [-0.4, -0.2) is 78.2 Å². The number of rotatable bonds is 2. The normalized spacial score (nSPS) is 20.5. The third-order valence-electron chi connectivity index (χ3n) is 4.17. The van der Waals surface area contributed by atoms with Crippen LogP contribution in [0.25, 0.3) is 0 Å². The van der Waals surface area contributed by atoms with E-state index in [9.17, 15) is 8.42 Å². The first-order valence-electron chi connectivity index (χ1n) is 9.00. The molecular formula is C17H31N5O2S. The van der Waals surface area contributed by atoms with Gasteiger partial charge < -0.3 is 21.3 Å². The van der Waals surface area contributed by atoms with E-state index >= 15 is 0 Å². The summed E-state index contributed by atoms with van der Waals surface area (Å²) in [5.41, 5.74) is 1.05. The van der Waals surface area contributed by atoms with Crippen LogP contribution in [-0.2, 0) is 10.0 Å². The van der Waals surface area contributed by atoms with Gasteiger partial charge in [0.2, 0.25) is 10.0 Å². The van der Waals surface area contributed by atoms with Gasteiger partial charge in [-0.05, 0) is 19.1 Å². The molecule has 0 amide bonds. The molecule has 1 heterocycles. The Hall–Kier alpha value is -1.03. The van der Waals surface area contributed by atoms with Crippen LogP contribution in [0.4, 0.5) is 0 Å². The number of nitrogens with zero attached hydrogens (tertiary/aromatic N) is 1. The Labute approximate surface area is 151 Å². The van der Waals surface area contributed by atoms with E-state index in [2.05, 4.69) is 21.3 Å². The molecule has 0 radical (unpaired) electrons. The van der Waals surface area contributed by atoms with Crippen LogP contribution in [0.1, 0.15) is 5.56 Å². The lowest BCUT2D eigenvalue weighted by Gasteiger charge is -2.23. The summed E-state index contributed by atoms with van der Waals surface area (Å²) < 4.78 is 27.4. The van der Waals surface area contributed by atoms with Gasteiger partial charge in [-0.3, -0.25) is 0 Å². The molecule has 0 spiro atoms. The second kappa shape index (κ2) is 10.8. The molecule has 142 valence electrons. The first-order valence-corrected chi connectivity index (χ1v) is 10.4. The molecule has 2 rings (SSSR count). The van der Waals surface area contributed by atoms with E-state index in [1.807, 2.05) is 19.1 Å². The summed E-state index contributed by atoms with van der Waals surface area (Å²) in [7, 11) is -3.47. The predicted octanol–water partition coefficient (Wildman–Crippen LogP) is -0.642. The molecule has 1 aliphatic rings. The van der Waals surface area contributed by atoms with Crippen molar-refractivity contribution in [1.29, 1.82) is 0 Å². The average molecular weight is 370 g/mol. The Morgan fingerprint density at radius 3 is 1.56 bits per heavy atom. The lowest BCUT2D eigenvalue weighted by Crippen LogP contribution is -2.42. The number of nitrogens with one attached hydrogen (secondary N) is 4. The van der Waals surface area contributed by atoms with E-state index < -0.39 is 10.0 Å². The Morgan fingerprint density at radius 1 is 0.720 bits per heavy atom. The Balaban J connectivity index is 2.01. The van der Waals surface area contributed by atoms with Crippen molar-refractivity contribution in [1.82, 2.24) is 25.6 Å². The molecule has 1 fully saturated rings. The van der Waals surface area contributed by atoms with Crippen molar-refractivity contribution in [2.24, 2.45) is 0 Å². The van der Waals surface area contributed by atoms with Gasteiger partial charge in [0, 0.05) is 65.4 Å². The molecule has 7 nitrogen and oxygen atoms in total. The Morgan fingerprint density at radius 2 is 1.12 bits per heavy atom. The molecule has 0 bridgehead atoms. The summed E-state index contributed by atoms with van der Waals surface area (Å²) in [6.07, 6.45) is 0. The monoisotopic (exact) mass is 369 g/mol. The summed E-state index contributed by atoms with van der Waals surface area (Å²) in [4.78, 5) is 0.361. The van der Waals surface area contributed by atoms with E-state index in [0.29, 0.717) is 31.1 Å². The van der Waals surface area contributed by atoms with Gasteiger partial charge in [-0.1, -0.05) is 17.7 Å². The topological polar surface area (TPSA) is 85.5 Å². The van der Waals surface area contributed by atoms with Gasteiger partial charge in [-0.2, -0.15) is 4.31 Å². The zero-order valence-corrected chi connectivity index (χ0v) is 15.9. The summed E-state index contributed by atoms with van der Waals surface area (Å²) in [5, 5.41) is 13.3. The van der Waals surface area contributed by atoms with Gasteiger partial charge in [0.1, 0.15) is 0 Å². The molecule has 0 atom stereocenters. The molecule has 1 aromatic rings. The molecular weight excluding hydrogens is 338 g/mol. The fourth-order valence-electron chi connectivity index (χ4n) is 2.65. The molecule has 4 N–H and O–H groups in total. The highest BCUT2D eigenvalue weighted by atomic mass is 32.2. The third-order valence-corrected chi connectivity index (χ3v) is 6.08. The molecule has 25 heavy (non-hydrogen) atoms. The van der Waals surface area contributed by atoms with Crippen LogP contribution in [0.2, 0.25) is 0 Å². The molecule has 1 aromatic carbocycles. The molecule has 1 saturated heterocycles. The maximum Gasteiger partial charge on any atom is 0.243 e. The highest BCUT2D eigenvalue weighted by Gasteiger charge is 2.23. The van der Waals surface area contributed by atoms with Gasteiger partial charge in [0.05, 0.1) is 4.90 Å². The van der Waals surface area contributed by atoms with E-state index in [0.717, 1.165) is 44.8 Å². The SMILES string of the molecule is Cc1ccc(S(=O)(=O)N2CCNCCNCCNCCNCC2)cc1. The van der Waals surface area contributed by atoms with Gasteiger partial charge in [0.15, 0.2) is 0 Å². The highest BCUT2D eigenvalue weighted by Crippen LogP contribution is 2.15. The fourth-order valence-corrected chi connectivity index (χ4v) is 4.09. The number of hydrogen-bond donors (Lipinski definition) is 4. The minimum Gasteiger partial charge on any atom is -0.314 e. The molecule has 0 unspecified atom stereocenters. The minimum absolute atomic E-state index is 0.361. The van der Waals surface area contributed by atoms with Crippen molar-refractivity contribution in [3.63, 3.8) is 0 Å². The number of sulfonamides is 1. The average Bonchev–Trinajstić information content (AvgIpc) is 2.60.